The normalized spacial score (nSPS) is 12.5. The van der Waals surface area contributed by atoms with Crippen molar-refractivity contribution < 1.29 is 0 Å². The fourth-order valence-corrected chi connectivity index (χ4v) is 10.7. The van der Waals surface area contributed by atoms with Gasteiger partial charge in [0.25, 0.3) is 0 Å². The highest BCUT2D eigenvalue weighted by molar-refractivity contribution is 7.26. The fourth-order valence-electron chi connectivity index (χ4n) is 9.43. The van der Waals surface area contributed by atoms with Gasteiger partial charge in [-0.25, -0.2) is 4.98 Å². The van der Waals surface area contributed by atoms with E-state index in [1.54, 1.807) is 0 Å². The van der Waals surface area contributed by atoms with Crippen molar-refractivity contribution in [1.29, 1.82) is 0 Å². The largest absolute Gasteiger partial charge is 0.307 e. The van der Waals surface area contributed by atoms with E-state index in [1.807, 2.05) is 11.3 Å². The van der Waals surface area contributed by atoms with E-state index in [2.05, 4.69) is 173 Å². The predicted octanol–water partition coefficient (Wildman–Crippen LogP) is 13.6. The number of rotatable bonds is 2. The van der Waals surface area contributed by atoms with Crippen molar-refractivity contribution in [2.24, 2.45) is 0 Å². The molecule has 53 heavy (non-hydrogen) atoms. The number of hydrogen-bond donors (Lipinski definition) is 0. The van der Waals surface area contributed by atoms with Crippen molar-refractivity contribution in [1.82, 2.24) is 14.0 Å². The minimum atomic E-state index is 1.00. The molecule has 0 saturated heterocycles. The molecule has 0 radical (unpaired) electrons. The molecule has 13 rings (SSSR count). The van der Waals surface area contributed by atoms with Gasteiger partial charge in [0.1, 0.15) is 11.2 Å². The van der Waals surface area contributed by atoms with Gasteiger partial charge in [0.2, 0.25) is 0 Å². The van der Waals surface area contributed by atoms with Crippen molar-refractivity contribution in [3.63, 3.8) is 0 Å². The lowest BCUT2D eigenvalue weighted by molar-refractivity contribution is 1.18. The predicted molar refractivity (Wildman–Crippen MR) is 225 cm³/mol. The van der Waals surface area contributed by atoms with Crippen LogP contribution in [-0.4, -0.2) is 14.0 Å². The molecule has 4 heteroatoms. The molecule has 0 fully saturated rings. The average Bonchev–Trinajstić information content (AvgIpc) is 3.97. The van der Waals surface area contributed by atoms with Crippen LogP contribution in [0.15, 0.2) is 164 Å². The highest BCUT2D eigenvalue weighted by Gasteiger charge is 2.24. The molecule has 0 amide bonds. The topological polar surface area (TPSA) is 22.2 Å². The van der Waals surface area contributed by atoms with E-state index >= 15 is 0 Å². The minimum Gasteiger partial charge on any atom is -0.307 e. The molecule has 4 heterocycles. The van der Waals surface area contributed by atoms with Gasteiger partial charge >= 0.3 is 0 Å². The van der Waals surface area contributed by atoms with Crippen LogP contribution in [0.5, 0.6) is 0 Å². The van der Waals surface area contributed by atoms with E-state index in [0.29, 0.717) is 0 Å². The quantitative estimate of drug-likeness (QED) is 0.177. The summed E-state index contributed by atoms with van der Waals surface area (Å²) in [6.07, 6.45) is 0. The molecule has 4 aromatic heterocycles. The lowest BCUT2D eigenvalue weighted by Gasteiger charge is -2.12. The van der Waals surface area contributed by atoms with Crippen LogP contribution in [0, 0.1) is 0 Å². The Hall–Kier alpha value is -6.75. The van der Waals surface area contributed by atoms with Crippen molar-refractivity contribution in [3.05, 3.63) is 164 Å². The number of nitrogens with zero attached hydrogens (tertiary/aromatic N) is 3. The lowest BCUT2D eigenvalue weighted by Crippen LogP contribution is -1.95. The highest BCUT2D eigenvalue weighted by Crippen LogP contribution is 2.49. The first-order valence-electron chi connectivity index (χ1n) is 18.1. The van der Waals surface area contributed by atoms with Crippen LogP contribution in [0.4, 0.5) is 0 Å². The maximum Gasteiger partial charge on any atom is 0.146 e. The summed E-state index contributed by atoms with van der Waals surface area (Å²) in [5, 5.41) is 8.79. The Kier molecular flexibility index (Phi) is 5.25. The van der Waals surface area contributed by atoms with Crippen LogP contribution < -0.4 is 0 Å². The first kappa shape index (κ1) is 27.9. The zero-order valence-electron chi connectivity index (χ0n) is 28.3. The molecule has 3 nitrogen and oxygen atoms in total. The fraction of sp³-hybridized carbons (Fsp3) is 0. The molecule has 244 valence electrons. The van der Waals surface area contributed by atoms with E-state index in [-0.39, 0.29) is 0 Å². The second kappa shape index (κ2) is 9.97. The van der Waals surface area contributed by atoms with Crippen molar-refractivity contribution in [2.75, 3.05) is 0 Å². The Morgan fingerprint density at radius 1 is 0.415 bits per heavy atom. The molecule has 0 atom stereocenters. The molecule has 0 unspecified atom stereocenters. The molecule has 0 aliphatic heterocycles. The molecule has 0 saturated carbocycles. The van der Waals surface area contributed by atoms with Gasteiger partial charge in [0, 0.05) is 37.3 Å². The second-order valence-electron chi connectivity index (χ2n) is 14.3. The molecule has 12 aromatic rings. The Labute approximate surface area is 307 Å². The summed E-state index contributed by atoms with van der Waals surface area (Å²) in [5.74, 6) is 0. The van der Waals surface area contributed by atoms with Crippen LogP contribution in [-0.2, 0) is 0 Å². The molecule has 1 aliphatic carbocycles. The molecule has 0 N–H and O–H groups in total. The number of fused-ring (bicyclic) bond motifs is 17. The average molecular weight is 690 g/mol. The van der Waals surface area contributed by atoms with Gasteiger partial charge in [0.15, 0.2) is 0 Å². The van der Waals surface area contributed by atoms with Crippen LogP contribution in [0.1, 0.15) is 0 Å². The summed E-state index contributed by atoms with van der Waals surface area (Å²) >= 11 is 1.87. The first-order valence-corrected chi connectivity index (χ1v) is 19.0. The summed E-state index contributed by atoms with van der Waals surface area (Å²) < 4.78 is 7.45. The standard InChI is InChI=1S/C49H27N3S/c1-2-11-32-31(10-1)35-17-9-16-34-30(24-25-36(32)44(34)35)28-20-22-29(23-21-28)51-41-18-7-5-12-33(41)37-26-27-42-45(46(37)51)50-49-39-14-4-3-13-38(39)48-47(52(42)49)40-15-6-8-19-43(40)53-48/h1-27H. The van der Waals surface area contributed by atoms with Gasteiger partial charge in [0.05, 0.1) is 26.8 Å². The number of aromatic nitrogens is 3. The number of pyridine rings is 1. The van der Waals surface area contributed by atoms with E-state index in [0.717, 1.165) is 27.9 Å². The molecular formula is C49H27N3S. The lowest BCUT2D eigenvalue weighted by atomic mass is 9.94. The Balaban J connectivity index is 1.08. The smallest absolute Gasteiger partial charge is 0.146 e. The zero-order chi connectivity index (χ0) is 34.4. The summed E-state index contributed by atoms with van der Waals surface area (Å²) in [6, 6.07) is 60.2. The Morgan fingerprint density at radius 3 is 1.92 bits per heavy atom. The maximum absolute atomic E-state index is 5.58. The number of hydrogen-bond acceptors (Lipinski definition) is 2. The number of para-hydroxylation sites is 1. The zero-order valence-corrected chi connectivity index (χ0v) is 29.2. The Bertz CT molecular complexity index is 3530. The highest BCUT2D eigenvalue weighted by atomic mass is 32.1. The van der Waals surface area contributed by atoms with E-state index in [9.17, 15) is 0 Å². The van der Waals surface area contributed by atoms with E-state index in [4.69, 9.17) is 4.98 Å². The minimum absolute atomic E-state index is 1.00. The van der Waals surface area contributed by atoms with E-state index < -0.39 is 0 Å². The van der Waals surface area contributed by atoms with Gasteiger partial charge in [-0.05, 0) is 80.6 Å². The maximum atomic E-state index is 5.58. The summed E-state index contributed by atoms with van der Waals surface area (Å²) in [5.41, 5.74) is 15.6. The third-order valence-corrected chi connectivity index (χ3v) is 12.8. The van der Waals surface area contributed by atoms with Crippen LogP contribution in [0.3, 0.4) is 0 Å². The summed E-state index contributed by atoms with van der Waals surface area (Å²) in [6.45, 7) is 0. The molecular weight excluding hydrogens is 663 g/mol. The van der Waals surface area contributed by atoms with Gasteiger partial charge in [-0.1, -0.05) is 127 Å². The van der Waals surface area contributed by atoms with Crippen molar-refractivity contribution in [3.8, 4) is 39.1 Å². The molecule has 0 spiro atoms. The monoisotopic (exact) mass is 689 g/mol. The molecule has 0 bridgehead atoms. The van der Waals surface area contributed by atoms with Crippen LogP contribution in [0.2, 0.25) is 0 Å². The third kappa shape index (κ3) is 3.51. The Morgan fingerprint density at radius 2 is 1.08 bits per heavy atom. The number of imidazole rings is 1. The van der Waals surface area contributed by atoms with Gasteiger partial charge < -0.3 is 4.57 Å². The number of thiophene rings is 1. The van der Waals surface area contributed by atoms with Gasteiger partial charge in [-0.15, -0.1) is 11.3 Å². The van der Waals surface area contributed by atoms with Gasteiger partial charge in [-0.3, -0.25) is 4.40 Å². The SMILES string of the molecule is c1ccc2c(c1)-c1cccc3c(-c4ccc(-n5c6ccccc6c6ccc7c(nc8c9ccccc9c9sc%10ccccc%10c9n78)c65)cc4)ccc-2c13. The third-order valence-electron chi connectivity index (χ3n) is 11.6. The molecule has 8 aromatic carbocycles. The molecule has 1 aliphatic rings. The van der Waals surface area contributed by atoms with Crippen LogP contribution >= 0.6 is 11.3 Å². The van der Waals surface area contributed by atoms with Gasteiger partial charge in [-0.2, -0.15) is 0 Å². The summed E-state index contributed by atoms with van der Waals surface area (Å²) in [7, 11) is 0. The summed E-state index contributed by atoms with van der Waals surface area (Å²) in [4.78, 5) is 5.58. The second-order valence-corrected chi connectivity index (χ2v) is 15.3. The van der Waals surface area contributed by atoms with Crippen LogP contribution in [0.25, 0.3) is 119 Å². The van der Waals surface area contributed by atoms with Crippen molar-refractivity contribution in [2.45, 2.75) is 0 Å². The van der Waals surface area contributed by atoms with Crippen molar-refractivity contribution >= 4 is 91.7 Å². The number of benzene rings is 8. The first-order chi connectivity index (χ1) is 26.3. The van der Waals surface area contributed by atoms with E-state index in [1.165, 1.54) is 91.5 Å².